The molecule has 170 valence electrons. The van der Waals surface area contributed by atoms with E-state index in [-0.39, 0.29) is 17.9 Å². The highest BCUT2D eigenvalue weighted by Gasteiger charge is 2.26. The summed E-state index contributed by atoms with van der Waals surface area (Å²) in [4.78, 5) is 58.3. The van der Waals surface area contributed by atoms with E-state index in [1.165, 1.54) is 24.3 Å². The van der Waals surface area contributed by atoms with Gasteiger partial charge in [0.15, 0.2) is 0 Å². The molecule has 4 amide bonds. The molecule has 1 aromatic carbocycles. The minimum atomic E-state index is -1.29. The van der Waals surface area contributed by atoms with Crippen LogP contribution in [0.15, 0.2) is 24.3 Å². The number of amides is 4. The Morgan fingerprint density at radius 1 is 1.00 bits per heavy atom. The molecule has 1 aromatic rings. The van der Waals surface area contributed by atoms with Crippen molar-refractivity contribution in [3.63, 3.8) is 0 Å². The van der Waals surface area contributed by atoms with Crippen molar-refractivity contribution in [2.45, 2.75) is 31.0 Å². The number of rotatable bonds is 12. The van der Waals surface area contributed by atoms with Gasteiger partial charge in [-0.3, -0.25) is 19.2 Å². The molecule has 0 aliphatic heterocycles. The van der Waals surface area contributed by atoms with Gasteiger partial charge in [-0.2, -0.15) is 12.6 Å². The zero-order valence-electron chi connectivity index (χ0n) is 16.4. The van der Waals surface area contributed by atoms with E-state index in [0.717, 1.165) is 0 Å². The number of carboxylic acids is 1. The monoisotopic (exact) mass is 455 g/mol. The minimum absolute atomic E-state index is 0.0141. The van der Waals surface area contributed by atoms with Gasteiger partial charge in [0.05, 0.1) is 19.0 Å². The fourth-order valence-corrected chi connectivity index (χ4v) is 2.64. The highest BCUT2D eigenvalue weighted by atomic mass is 32.1. The number of phenols is 1. The molecule has 0 saturated heterocycles. The second-order valence-electron chi connectivity index (χ2n) is 6.57. The summed E-state index contributed by atoms with van der Waals surface area (Å²) in [6, 6.07) is 2.12. The molecule has 0 saturated carbocycles. The number of carboxylic acid groups (broad SMARTS) is 1. The van der Waals surface area contributed by atoms with Crippen LogP contribution in [0.5, 0.6) is 5.75 Å². The van der Waals surface area contributed by atoms with Gasteiger partial charge in [0.25, 0.3) is 0 Å². The van der Waals surface area contributed by atoms with Crippen molar-refractivity contribution in [1.29, 1.82) is 0 Å². The normalized spacial score (nSPS) is 13.4. The number of carbonyl (C=O) groups is 5. The van der Waals surface area contributed by atoms with Gasteiger partial charge >= 0.3 is 5.97 Å². The minimum Gasteiger partial charge on any atom is -0.508 e. The maximum Gasteiger partial charge on any atom is 0.326 e. The summed E-state index contributed by atoms with van der Waals surface area (Å²) < 4.78 is 0. The van der Waals surface area contributed by atoms with Crippen LogP contribution in [0.4, 0.5) is 0 Å². The van der Waals surface area contributed by atoms with E-state index >= 15 is 0 Å². The molecule has 0 heterocycles. The van der Waals surface area contributed by atoms with Gasteiger partial charge in [0.2, 0.25) is 23.6 Å². The van der Waals surface area contributed by atoms with E-state index in [1.807, 2.05) is 0 Å². The Morgan fingerprint density at radius 3 is 2.13 bits per heavy atom. The van der Waals surface area contributed by atoms with Crippen LogP contribution in [0.3, 0.4) is 0 Å². The molecule has 0 aliphatic rings. The number of hydrogen-bond acceptors (Lipinski definition) is 8. The summed E-state index contributed by atoms with van der Waals surface area (Å²) in [5.74, 6) is -4.51. The van der Waals surface area contributed by atoms with E-state index < -0.39 is 60.7 Å². The highest BCUT2D eigenvalue weighted by Crippen LogP contribution is 2.11. The molecule has 3 atom stereocenters. The Hall–Kier alpha value is -3.32. The van der Waals surface area contributed by atoms with Crippen LogP contribution in [0.2, 0.25) is 0 Å². The third kappa shape index (κ3) is 9.35. The number of nitrogens with one attached hydrogen (secondary N) is 3. The first-order valence-electron chi connectivity index (χ1n) is 9.06. The second kappa shape index (κ2) is 12.4. The van der Waals surface area contributed by atoms with Gasteiger partial charge < -0.3 is 37.6 Å². The highest BCUT2D eigenvalue weighted by molar-refractivity contribution is 7.80. The third-order valence-corrected chi connectivity index (χ3v) is 4.37. The van der Waals surface area contributed by atoms with Gasteiger partial charge in [0, 0.05) is 12.2 Å². The molecule has 0 aromatic heterocycles. The number of carbonyl (C=O) groups excluding carboxylic acids is 4. The number of phenolic OH excluding ortho intramolecular Hbond substituents is 1. The SMILES string of the molecule is NC(=O)CC(N)C(=O)NCC(=O)NC(CS)C(=O)NC(Cc1ccc(O)cc1)C(=O)O. The first kappa shape index (κ1) is 25.7. The third-order valence-electron chi connectivity index (χ3n) is 4.01. The molecule has 0 fully saturated rings. The first-order valence-corrected chi connectivity index (χ1v) is 9.69. The fraction of sp³-hybridized carbons (Fsp3) is 0.389. The van der Waals surface area contributed by atoms with Crippen molar-refractivity contribution in [2.75, 3.05) is 12.3 Å². The van der Waals surface area contributed by atoms with Crippen LogP contribution in [0.25, 0.3) is 0 Å². The Balaban J connectivity index is 2.62. The van der Waals surface area contributed by atoms with E-state index in [4.69, 9.17) is 11.5 Å². The van der Waals surface area contributed by atoms with Gasteiger partial charge in [0.1, 0.15) is 17.8 Å². The molecule has 0 bridgehead atoms. The topological polar surface area (TPSA) is 214 Å². The van der Waals surface area contributed by atoms with E-state index in [1.54, 1.807) is 0 Å². The first-order chi connectivity index (χ1) is 14.5. The Bertz CT molecular complexity index is 818. The van der Waals surface area contributed by atoms with Gasteiger partial charge in [-0.05, 0) is 17.7 Å². The Morgan fingerprint density at radius 2 is 1.61 bits per heavy atom. The summed E-state index contributed by atoms with van der Waals surface area (Å²) >= 11 is 3.98. The predicted molar refractivity (Wildman–Crippen MR) is 112 cm³/mol. The molecule has 9 N–H and O–H groups in total. The van der Waals surface area contributed by atoms with Crippen molar-refractivity contribution in [2.24, 2.45) is 11.5 Å². The predicted octanol–water partition coefficient (Wildman–Crippen LogP) is -2.76. The number of thiol groups is 1. The average Bonchev–Trinajstić information content (AvgIpc) is 2.70. The molecule has 12 nitrogen and oxygen atoms in total. The summed E-state index contributed by atoms with van der Waals surface area (Å²) in [5.41, 5.74) is 10.9. The summed E-state index contributed by atoms with van der Waals surface area (Å²) in [6.07, 6.45) is -0.449. The molecule has 3 unspecified atom stereocenters. The molecule has 0 radical (unpaired) electrons. The van der Waals surface area contributed by atoms with Crippen molar-refractivity contribution in [1.82, 2.24) is 16.0 Å². The molecule has 31 heavy (non-hydrogen) atoms. The lowest BCUT2D eigenvalue weighted by atomic mass is 10.1. The molecular weight excluding hydrogens is 430 g/mol. The maximum absolute atomic E-state index is 12.4. The standard InChI is InChI=1S/C18H25N5O7S/c19-11(6-14(20)25)16(27)21-7-15(26)22-13(8-31)17(28)23-12(18(29)30)5-9-1-3-10(24)4-2-9/h1-4,11-13,24,31H,5-8,19H2,(H2,20,25)(H,21,27)(H,22,26)(H,23,28)(H,29,30). The lowest BCUT2D eigenvalue weighted by Gasteiger charge is -2.20. The molecular formula is C18H25N5O7S. The van der Waals surface area contributed by atoms with Crippen molar-refractivity contribution in [3.8, 4) is 5.75 Å². The smallest absolute Gasteiger partial charge is 0.326 e. The van der Waals surface area contributed by atoms with Crippen LogP contribution in [-0.2, 0) is 30.4 Å². The fourth-order valence-electron chi connectivity index (χ4n) is 2.39. The zero-order chi connectivity index (χ0) is 23.6. The van der Waals surface area contributed by atoms with Crippen LogP contribution in [-0.4, -0.2) is 70.2 Å². The number of aromatic hydroxyl groups is 1. The largest absolute Gasteiger partial charge is 0.508 e. The Labute approximate surface area is 183 Å². The average molecular weight is 455 g/mol. The molecule has 0 aliphatic carbocycles. The van der Waals surface area contributed by atoms with Crippen LogP contribution >= 0.6 is 12.6 Å². The van der Waals surface area contributed by atoms with E-state index in [0.29, 0.717) is 5.56 Å². The van der Waals surface area contributed by atoms with Gasteiger partial charge in [-0.1, -0.05) is 12.1 Å². The second-order valence-corrected chi connectivity index (χ2v) is 6.93. The molecule has 13 heteroatoms. The zero-order valence-corrected chi connectivity index (χ0v) is 17.3. The summed E-state index contributed by atoms with van der Waals surface area (Å²) in [6.45, 7) is -0.529. The van der Waals surface area contributed by atoms with Crippen molar-refractivity contribution >= 4 is 42.2 Å². The number of aliphatic carboxylic acids is 1. The molecule has 1 rings (SSSR count). The number of nitrogens with two attached hydrogens (primary N) is 2. The van der Waals surface area contributed by atoms with Crippen LogP contribution in [0.1, 0.15) is 12.0 Å². The lowest BCUT2D eigenvalue weighted by molar-refractivity contribution is -0.142. The maximum atomic E-state index is 12.4. The van der Waals surface area contributed by atoms with Gasteiger partial charge in [-0.25, -0.2) is 4.79 Å². The van der Waals surface area contributed by atoms with Crippen LogP contribution < -0.4 is 27.4 Å². The van der Waals surface area contributed by atoms with Crippen molar-refractivity contribution in [3.05, 3.63) is 29.8 Å². The molecule has 0 spiro atoms. The number of primary amides is 1. The lowest BCUT2D eigenvalue weighted by Crippen LogP contribution is -2.55. The number of hydrogen-bond donors (Lipinski definition) is 8. The summed E-state index contributed by atoms with van der Waals surface area (Å²) in [5, 5.41) is 25.5. The number of benzene rings is 1. The summed E-state index contributed by atoms with van der Waals surface area (Å²) in [7, 11) is 0. The van der Waals surface area contributed by atoms with Gasteiger partial charge in [-0.15, -0.1) is 0 Å². The van der Waals surface area contributed by atoms with E-state index in [2.05, 4.69) is 28.6 Å². The quantitative estimate of drug-likeness (QED) is 0.154. The van der Waals surface area contributed by atoms with Crippen LogP contribution in [0, 0.1) is 0 Å². The van der Waals surface area contributed by atoms with Crippen molar-refractivity contribution < 1.29 is 34.2 Å². The van der Waals surface area contributed by atoms with E-state index in [9.17, 15) is 34.2 Å². The Kier molecular flexibility index (Phi) is 10.3.